The van der Waals surface area contributed by atoms with Gasteiger partial charge in [-0.1, -0.05) is 6.07 Å². The van der Waals surface area contributed by atoms with Crippen LogP contribution in [0.3, 0.4) is 0 Å². The summed E-state index contributed by atoms with van der Waals surface area (Å²) < 4.78 is 5.11. The van der Waals surface area contributed by atoms with E-state index >= 15 is 0 Å². The number of ether oxygens (including phenoxy) is 1. The summed E-state index contributed by atoms with van der Waals surface area (Å²) in [5, 5.41) is 19.5. The molecule has 7 heteroatoms. The summed E-state index contributed by atoms with van der Waals surface area (Å²) in [6, 6.07) is 2.68. The topological polar surface area (TPSA) is 104 Å². The van der Waals surface area contributed by atoms with Gasteiger partial charge in [0.1, 0.15) is 11.6 Å². The maximum atomic E-state index is 11.8. The van der Waals surface area contributed by atoms with Crippen molar-refractivity contribution in [1.82, 2.24) is 15.5 Å². The lowest BCUT2D eigenvalue weighted by Gasteiger charge is -2.22. The summed E-state index contributed by atoms with van der Waals surface area (Å²) in [5.41, 5.74) is 2.01. The molecule has 0 fully saturated rings. The zero-order chi connectivity index (χ0) is 17.2. The number of aromatic nitrogens is 2. The molecule has 1 amide bonds. The van der Waals surface area contributed by atoms with Crippen molar-refractivity contribution in [3.63, 3.8) is 0 Å². The van der Waals surface area contributed by atoms with Crippen molar-refractivity contribution >= 4 is 23.0 Å². The number of benzene rings is 1. The van der Waals surface area contributed by atoms with Crippen LogP contribution in [0.15, 0.2) is 18.3 Å². The lowest BCUT2D eigenvalue weighted by atomic mass is 10.0. The number of nitrogens with zero attached hydrogens (tertiary/aromatic N) is 1. The Morgan fingerprint density at radius 2 is 2.09 bits per heavy atom. The van der Waals surface area contributed by atoms with Gasteiger partial charge in [0.2, 0.25) is 0 Å². The molecule has 1 aromatic heterocycles. The van der Waals surface area contributed by atoms with Gasteiger partial charge in [-0.3, -0.25) is 5.10 Å². The van der Waals surface area contributed by atoms with E-state index in [-0.39, 0.29) is 6.42 Å². The van der Waals surface area contributed by atoms with Crippen molar-refractivity contribution in [3.8, 4) is 0 Å². The number of aromatic amines is 1. The lowest BCUT2D eigenvalue weighted by Crippen LogP contribution is -2.44. The number of carbonyl (C=O) groups excluding carboxylic acids is 1. The van der Waals surface area contributed by atoms with Crippen LogP contribution in [0.1, 0.15) is 31.9 Å². The SMILES string of the molecule is Cc1cc(CC(NC(=O)OC(C)(C)C)C(=O)O)cc2cn[nH]c12. The van der Waals surface area contributed by atoms with E-state index in [9.17, 15) is 14.7 Å². The van der Waals surface area contributed by atoms with E-state index in [2.05, 4.69) is 15.5 Å². The minimum atomic E-state index is -1.11. The molecule has 2 aromatic rings. The number of aliphatic carboxylic acids is 1. The van der Waals surface area contributed by atoms with Gasteiger partial charge >= 0.3 is 12.1 Å². The molecule has 7 nitrogen and oxygen atoms in total. The molecule has 1 aromatic carbocycles. The first-order valence-electron chi connectivity index (χ1n) is 7.30. The molecular formula is C16H21N3O4. The average Bonchev–Trinajstić information content (AvgIpc) is 2.84. The third-order valence-corrected chi connectivity index (χ3v) is 3.23. The molecule has 0 radical (unpaired) electrons. The number of rotatable bonds is 4. The number of H-pyrrole nitrogens is 1. The average molecular weight is 319 g/mol. The van der Waals surface area contributed by atoms with Gasteiger partial charge in [-0.15, -0.1) is 0 Å². The number of carbonyl (C=O) groups is 2. The molecule has 0 bridgehead atoms. The Kier molecular flexibility index (Phi) is 4.58. The monoisotopic (exact) mass is 319 g/mol. The number of hydrogen-bond donors (Lipinski definition) is 3. The third-order valence-electron chi connectivity index (χ3n) is 3.23. The summed E-state index contributed by atoms with van der Waals surface area (Å²) in [7, 11) is 0. The van der Waals surface area contributed by atoms with Crippen LogP contribution in [0.4, 0.5) is 4.79 Å². The minimum Gasteiger partial charge on any atom is -0.480 e. The first-order valence-corrected chi connectivity index (χ1v) is 7.30. The highest BCUT2D eigenvalue weighted by molar-refractivity contribution is 5.83. The van der Waals surface area contributed by atoms with Crippen LogP contribution < -0.4 is 5.32 Å². The molecule has 3 N–H and O–H groups in total. The highest BCUT2D eigenvalue weighted by Crippen LogP contribution is 2.19. The summed E-state index contributed by atoms with van der Waals surface area (Å²) in [4.78, 5) is 23.2. The Balaban J connectivity index is 2.15. The van der Waals surface area contributed by atoms with Gasteiger partial charge in [-0.05, 0) is 44.9 Å². The van der Waals surface area contributed by atoms with Crippen LogP contribution in [0.5, 0.6) is 0 Å². The van der Waals surface area contributed by atoms with Gasteiger partial charge in [0.05, 0.1) is 11.7 Å². The molecule has 0 aliphatic rings. The predicted octanol–water partition coefficient (Wildman–Crippen LogP) is 2.39. The fourth-order valence-electron chi connectivity index (χ4n) is 2.32. The van der Waals surface area contributed by atoms with Crippen LogP contribution in [0, 0.1) is 6.92 Å². The highest BCUT2D eigenvalue weighted by Gasteiger charge is 2.24. The fourth-order valence-corrected chi connectivity index (χ4v) is 2.32. The second-order valence-electron chi connectivity index (χ2n) is 6.49. The molecule has 0 spiro atoms. The zero-order valence-corrected chi connectivity index (χ0v) is 13.6. The first kappa shape index (κ1) is 16.8. The molecule has 2 rings (SSSR count). The minimum absolute atomic E-state index is 0.163. The smallest absolute Gasteiger partial charge is 0.408 e. The Hall–Kier alpha value is -2.57. The first-order chi connectivity index (χ1) is 10.7. The van der Waals surface area contributed by atoms with Crippen molar-refractivity contribution in [2.45, 2.75) is 45.8 Å². The second-order valence-corrected chi connectivity index (χ2v) is 6.49. The molecule has 124 valence electrons. The van der Waals surface area contributed by atoms with Crippen LogP contribution in [-0.2, 0) is 16.0 Å². The summed E-state index contributed by atoms with van der Waals surface area (Å²) >= 11 is 0. The van der Waals surface area contributed by atoms with E-state index in [4.69, 9.17) is 4.74 Å². The van der Waals surface area contributed by atoms with Gasteiger partial charge in [0.15, 0.2) is 0 Å². The molecule has 0 saturated carbocycles. The van der Waals surface area contributed by atoms with E-state index < -0.39 is 23.7 Å². The van der Waals surface area contributed by atoms with Crippen LogP contribution in [0.25, 0.3) is 10.9 Å². The van der Waals surface area contributed by atoms with Gasteiger partial charge in [-0.2, -0.15) is 5.10 Å². The number of hydrogen-bond acceptors (Lipinski definition) is 4. The van der Waals surface area contributed by atoms with E-state index in [1.54, 1.807) is 27.0 Å². The molecule has 0 aliphatic carbocycles. The van der Waals surface area contributed by atoms with E-state index in [1.165, 1.54) is 0 Å². The lowest BCUT2D eigenvalue weighted by molar-refractivity contribution is -0.139. The standard InChI is InChI=1S/C16H21N3O4/c1-9-5-10(6-11-8-17-19-13(9)11)7-12(14(20)21)18-15(22)23-16(2,3)4/h5-6,8,12H,7H2,1-4H3,(H,17,19)(H,18,22)(H,20,21). The molecule has 23 heavy (non-hydrogen) atoms. The van der Waals surface area contributed by atoms with Gasteiger partial charge < -0.3 is 15.2 Å². The summed E-state index contributed by atoms with van der Waals surface area (Å²) in [5.74, 6) is -1.11. The number of aryl methyl sites for hydroxylation is 1. The van der Waals surface area contributed by atoms with Crippen molar-refractivity contribution in [1.29, 1.82) is 0 Å². The molecule has 0 aliphatic heterocycles. The van der Waals surface area contributed by atoms with Crippen molar-refractivity contribution < 1.29 is 19.4 Å². The van der Waals surface area contributed by atoms with Crippen molar-refractivity contribution in [3.05, 3.63) is 29.5 Å². The van der Waals surface area contributed by atoms with Crippen molar-refractivity contribution in [2.24, 2.45) is 0 Å². The van der Waals surface area contributed by atoms with E-state index in [1.807, 2.05) is 19.1 Å². The number of amides is 1. The Morgan fingerprint density at radius 3 is 2.70 bits per heavy atom. The number of nitrogens with one attached hydrogen (secondary N) is 2. The number of alkyl carbamates (subject to hydrolysis) is 1. The Morgan fingerprint density at radius 1 is 1.39 bits per heavy atom. The number of carboxylic acids is 1. The van der Waals surface area contributed by atoms with Crippen LogP contribution in [-0.4, -0.2) is 39.0 Å². The fraction of sp³-hybridized carbons (Fsp3) is 0.438. The third kappa shape index (κ3) is 4.45. The van der Waals surface area contributed by atoms with Crippen LogP contribution in [0.2, 0.25) is 0 Å². The molecule has 1 unspecified atom stereocenters. The Labute approximate surface area is 134 Å². The van der Waals surface area contributed by atoms with E-state index in [0.29, 0.717) is 0 Å². The normalized spacial score (nSPS) is 12.9. The summed E-state index contributed by atoms with van der Waals surface area (Å²) in [6.07, 6.45) is 1.10. The van der Waals surface area contributed by atoms with Crippen molar-refractivity contribution in [2.75, 3.05) is 0 Å². The van der Waals surface area contributed by atoms with Crippen LogP contribution >= 0.6 is 0 Å². The van der Waals surface area contributed by atoms with Gasteiger partial charge in [0.25, 0.3) is 0 Å². The second kappa shape index (κ2) is 6.28. The molecule has 0 saturated heterocycles. The maximum Gasteiger partial charge on any atom is 0.408 e. The van der Waals surface area contributed by atoms with Gasteiger partial charge in [-0.25, -0.2) is 9.59 Å². The molecule has 1 heterocycles. The quantitative estimate of drug-likeness (QED) is 0.802. The highest BCUT2D eigenvalue weighted by atomic mass is 16.6. The maximum absolute atomic E-state index is 11.8. The summed E-state index contributed by atoms with van der Waals surface area (Å²) in [6.45, 7) is 7.08. The number of fused-ring (bicyclic) bond motifs is 1. The largest absolute Gasteiger partial charge is 0.480 e. The van der Waals surface area contributed by atoms with E-state index in [0.717, 1.165) is 22.0 Å². The predicted molar refractivity (Wildman–Crippen MR) is 85.3 cm³/mol. The molecule has 1 atom stereocenters. The number of carboxylic acid groups (broad SMARTS) is 1. The van der Waals surface area contributed by atoms with Gasteiger partial charge in [0, 0.05) is 11.8 Å². The Bertz CT molecular complexity index is 730. The molecular weight excluding hydrogens is 298 g/mol. The zero-order valence-electron chi connectivity index (χ0n) is 13.6.